The Morgan fingerprint density at radius 1 is 0.875 bits per heavy atom. The highest BCUT2D eigenvalue weighted by Gasteiger charge is 2.31. The van der Waals surface area contributed by atoms with Crippen LogP contribution in [-0.2, 0) is 28.5 Å². The summed E-state index contributed by atoms with van der Waals surface area (Å²) in [5, 5.41) is 0. The molecular formula is C18H32O6. The van der Waals surface area contributed by atoms with Gasteiger partial charge in [-0.2, -0.15) is 0 Å². The van der Waals surface area contributed by atoms with Crippen LogP contribution >= 0.6 is 0 Å². The molecule has 0 N–H and O–H groups in total. The molecular weight excluding hydrogens is 312 g/mol. The average molecular weight is 344 g/mol. The summed E-state index contributed by atoms with van der Waals surface area (Å²) in [6.45, 7) is 7.03. The fraction of sp³-hybridized carbons (Fsp3) is 0.889. The topological polar surface area (TPSA) is 71.1 Å². The second-order valence-electron chi connectivity index (χ2n) is 6.57. The molecule has 0 heterocycles. The third-order valence-corrected chi connectivity index (χ3v) is 4.22. The molecule has 0 aromatic carbocycles. The van der Waals surface area contributed by atoms with Crippen molar-refractivity contribution in [2.75, 3.05) is 20.3 Å². The predicted octanol–water partition coefficient (Wildman–Crippen LogP) is 3.08. The van der Waals surface area contributed by atoms with Crippen molar-refractivity contribution in [2.45, 2.75) is 71.7 Å². The van der Waals surface area contributed by atoms with Crippen LogP contribution in [0.3, 0.4) is 0 Å². The summed E-state index contributed by atoms with van der Waals surface area (Å²) in [6, 6.07) is 0. The van der Waals surface area contributed by atoms with Gasteiger partial charge in [-0.3, -0.25) is 9.59 Å². The summed E-state index contributed by atoms with van der Waals surface area (Å²) in [5.41, 5.74) is 0. The summed E-state index contributed by atoms with van der Waals surface area (Å²) < 4.78 is 21.1. The summed E-state index contributed by atoms with van der Waals surface area (Å²) in [7, 11) is 1.40. The number of ether oxygens (including phenoxy) is 4. The first kappa shape index (κ1) is 20.9. The van der Waals surface area contributed by atoms with Crippen LogP contribution in [0.1, 0.15) is 59.3 Å². The number of hydrogen-bond acceptors (Lipinski definition) is 6. The van der Waals surface area contributed by atoms with Gasteiger partial charge in [-0.15, -0.1) is 0 Å². The maximum Gasteiger partial charge on any atom is 0.311 e. The summed E-state index contributed by atoms with van der Waals surface area (Å²) in [6.07, 6.45) is 4.20. The highest BCUT2D eigenvalue weighted by Crippen LogP contribution is 2.30. The molecule has 1 aliphatic rings. The van der Waals surface area contributed by atoms with Crippen molar-refractivity contribution in [3.63, 3.8) is 0 Å². The predicted molar refractivity (Wildman–Crippen MR) is 89.3 cm³/mol. The highest BCUT2D eigenvalue weighted by atomic mass is 16.7. The van der Waals surface area contributed by atoms with Crippen LogP contribution in [0.15, 0.2) is 0 Å². The zero-order chi connectivity index (χ0) is 17.9. The van der Waals surface area contributed by atoms with Gasteiger partial charge < -0.3 is 18.9 Å². The largest absolute Gasteiger partial charge is 0.469 e. The van der Waals surface area contributed by atoms with Gasteiger partial charge in [0.05, 0.1) is 31.7 Å². The lowest BCUT2D eigenvalue weighted by atomic mass is 9.82. The van der Waals surface area contributed by atoms with Gasteiger partial charge in [-0.1, -0.05) is 0 Å². The van der Waals surface area contributed by atoms with Crippen LogP contribution < -0.4 is 0 Å². The normalized spacial score (nSPS) is 22.2. The van der Waals surface area contributed by atoms with E-state index in [0.29, 0.717) is 32.3 Å². The smallest absolute Gasteiger partial charge is 0.311 e. The van der Waals surface area contributed by atoms with Crippen LogP contribution in [0.5, 0.6) is 0 Å². The molecule has 6 heteroatoms. The first-order valence-electron chi connectivity index (χ1n) is 8.95. The number of carbonyl (C=O) groups excluding carboxylic acids is 2. The van der Waals surface area contributed by atoms with E-state index in [1.54, 1.807) is 6.92 Å². The van der Waals surface area contributed by atoms with Gasteiger partial charge in [-0.05, 0) is 59.3 Å². The van der Waals surface area contributed by atoms with Gasteiger partial charge in [0, 0.05) is 6.61 Å². The maximum atomic E-state index is 12.1. The van der Waals surface area contributed by atoms with Gasteiger partial charge >= 0.3 is 11.9 Å². The molecule has 1 rings (SSSR count). The van der Waals surface area contributed by atoms with E-state index in [1.807, 2.05) is 13.8 Å². The molecule has 0 radical (unpaired) electrons. The van der Waals surface area contributed by atoms with Crippen molar-refractivity contribution in [1.29, 1.82) is 0 Å². The van der Waals surface area contributed by atoms with E-state index in [-0.39, 0.29) is 29.9 Å². The van der Waals surface area contributed by atoms with Crippen molar-refractivity contribution < 1.29 is 28.5 Å². The molecule has 1 fully saturated rings. The van der Waals surface area contributed by atoms with Gasteiger partial charge in [0.2, 0.25) is 0 Å². The van der Waals surface area contributed by atoms with Crippen LogP contribution in [0, 0.1) is 11.8 Å². The lowest BCUT2D eigenvalue weighted by molar-refractivity contribution is -0.181. The maximum absolute atomic E-state index is 12.1. The molecule has 0 aliphatic heterocycles. The van der Waals surface area contributed by atoms with Crippen LogP contribution in [0.25, 0.3) is 0 Å². The Balaban J connectivity index is 2.13. The molecule has 140 valence electrons. The Morgan fingerprint density at radius 2 is 1.38 bits per heavy atom. The minimum absolute atomic E-state index is 0.0826. The number of carbonyl (C=O) groups is 2. The number of unbranched alkanes of at least 4 members (excludes halogenated alkanes) is 1. The van der Waals surface area contributed by atoms with E-state index in [9.17, 15) is 9.59 Å². The SMILES string of the molecule is COC(=O)C1CCC(C(=O)OC(C)OCCCCOC(C)C)CC1. The van der Waals surface area contributed by atoms with Gasteiger partial charge in [-0.25, -0.2) is 0 Å². The monoisotopic (exact) mass is 344 g/mol. The molecule has 6 nitrogen and oxygen atoms in total. The Kier molecular flexibility index (Phi) is 9.95. The molecule has 0 amide bonds. The highest BCUT2D eigenvalue weighted by molar-refractivity contribution is 5.75. The van der Waals surface area contributed by atoms with E-state index >= 15 is 0 Å². The van der Waals surface area contributed by atoms with Crippen molar-refractivity contribution >= 4 is 11.9 Å². The Labute approximate surface area is 145 Å². The molecule has 1 unspecified atom stereocenters. The van der Waals surface area contributed by atoms with Crippen molar-refractivity contribution in [3.8, 4) is 0 Å². The van der Waals surface area contributed by atoms with E-state index in [2.05, 4.69) is 0 Å². The van der Waals surface area contributed by atoms with E-state index < -0.39 is 6.29 Å². The van der Waals surface area contributed by atoms with Crippen LogP contribution in [0.4, 0.5) is 0 Å². The summed E-state index contributed by atoms with van der Waals surface area (Å²) in [5.74, 6) is -0.633. The zero-order valence-corrected chi connectivity index (χ0v) is 15.4. The van der Waals surface area contributed by atoms with Gasteiger partial charge in [0.1, 0.15) is 0 Å². The Bertz CT molecular complexity index is 374. The third kappa shape index (κ3) is 8.11. The molecule has 0 spiro atoms. The van der Waals surface area contributed by atoms with E-state index in [0.717, 1.165) is 19.4 Å². The minimum Gasteiger partial charge on any atom is -0.469 e. The fourth-order valence-corrected chi connectivity index (χ4v) is 2.80. The standard InChI is InChI=1S/C18H32O6/c1-13(2)22-11-5-6-12-23-14(3)24-18(20)16-9-7-15(8-10-16)17(19)21-4/h13-16H,5-12H2,1-4H3. The average Bonchev–Trinajstić information content (AvgIpc) is 2.57. The third-order valence-electron chi connectivity index (χ3n) is 4.22. The lowest BCUT2D eigenvalue weighted by Crippen LogP contribution is -2.30. The second kappa shape index (κ2) is 11.4. The van der Waals surface area contributed by atoms with Crippen LogP contribution in [-0.4, -0.2) is 44.7 Å². The Morgan fingerprint density at radius 3 is 1.88 bits per heavy atom. The van der Waals surface area contributed by atoms with E-state index in [1.165, 1.54) is 7.11 Å². The molecule has 0 aromatic rings. The molecule has 1 saturated carbocycles. The van der Waals surface area contributed by atoms with Crippen LogP contribution in [0.2, 0.25) is 0 Å². The first-order valence-corrected chi connectivity index (χ1v) is 8.95. The molecule has 0 saturated heterocycles. The lowest BCUT2D eigenvalue weighted by Gasteiger charge is -2.26. The second-order valence-corrected chi connectivity index (χ2v) is 6.57. The summed E-state index contributed by atoms with van der Waals surface area (Å²) in [4.78, 5) is 23.6. The zero-order valence-electron chi connectivity index (χ0n) is 15.4. The fourth-order valence-electron chi connectivity index (χ4n) is 2.80. The number of methoxy groups -OCH3 is 1. The number of esters is 2. The van der Waals surface area contributed by atoms with E-state index in [4.69, 9.17) is 18.9 Å². The molecule has 1 atom stereocenters. The Hall–Kier alpha value is -1.14. The molecule has 0 aromatic heterocycles. The van der Waals surface area contributed by atoms with Crippen molar-refractivity contribution in [3.05, 3.63) is 0 Å². The summed E-state index contributed by atoms with van der Waals surface area (Å²) >= 11 is 0. The molecule has 24 heavy (non-hydrogen) atoms. The van der Waals surface area contributed by atoms with Crippen molar-refractivity contribution in [2.24, 2.45) is 11.8 Å². The van der Waals surface area contributed by atoms with Crippen molar-refractivity contribution in [1.82, 2.24) is 0 Å². The quantitative estimate of drug-likeness (QED) is 0.344. The van der Waals surface area contributed by atoms with Gasteiger partial charge in [0.15, 0.2) is 6.29 Å². The molecule has 0 bridgehead atoms. The minimum atomic E-state index is -0.540. The number of rotatable bonds is 10. The first-order chi connectivity index (χ1) is 11.4. The molecule has 1 aliphatic carbocycles. The van der Waals surface area contributed by atoms with Gasteiger partial charge in [0.25, 0.3) is 0 Å². The number of hydrogen-bond donors (Lipinski definition) is 0.